The molecule has 1 aromatic carbocycles. The fraction of sp³-hybridized carbons (Fsp3) is 0.364. The highest BCUT2D eigenvalue weighted by molar-refractivity contribution is 7.99. The van der Waals surface area contributed by atoms with Crippen molar-refractivity contribution in [3.05, 3.63) is 50.6 Å². The maximum atomic E-state index is 12.5. The summed E-state index contributed by atoms with van der Waals surface area (Å²) in [5, 5.41) is 4.19. The topological polar surface area (TPSA) is 101 Å². The van der Waals surface area contributed by atoms with Gasteiger partial charge in [-0.1, -0.05) is 11.8 Å². The van der Waals surface area contributed by atoms with Gasteiger partial charge in [0, 0.05) is 22.7 Å². The molecular formula is C22H23N3O4S2. The summed E-state index contributed by atoms with van der Waals surface area (Å²) in [5.74, 6) is 0.194. The Balaban J connectivity index is 1.26. The summed E-state index contributed by atoms with van der Waals surface area (Å²) in [6.07, 6.45) is 4.13. The minimum absolute atomic E-state index is 0.0593. The number of H-pyrrole nitrogens is 1. The third-order valence-electron chi connectivity index (χ3n) is 5.02. The average Bonchev–Trinajstić information content (AvgIpc) is 3.33. The van der Waals surface area contributed by atoms with Crippen LogP contribution >= 0.6 is 23.1 Å². The van der Waals surface area contributed by atoms with E-state index in [0.29, 0.717) is 41.6 Å². The van der Waals surface area contributed by atoms with E-state index in [9.17, 15) is 14.4 Å². The molecule has 1 amide bonds. The molecule has 0 unspecified atom stereocenters. The first-order valence-corrected chi connectivity index (χ1v) is 12.1. The molecule has 0 saturated carbocycles. The Morgan fingerprint density at radius 3 is 2.84 bits per heavy atom. The zero-order valence-corrected chi connectivity index (χ0v) is 18.8. The van der Waals surface area contributed by atoms with Crippen LogP contribution in [0.1, 0.15) is 47.0 Å². The van der Waals surface area contributed by atoms with Gasteiger partial charge in [0.15, 0.2) is 5.16 Å². The van der Waals surface area contributed by atoms with Gasteiger partial charge >= 0.3 is 5.97 Å². The van der Waals surface area contributed by atoms with Crippen LogP contribution in [-0.2, 0) is 22.4 Å². The molecular weight excluding hydrogens is 434 g/mol. The first-order valence-electron chi connectivity index (χ1n) is 10.3. The summed E-state index contributed by atoms with van der Waals surface area (Å²) in [4.78, 5) is 45.9. The summed E-state index contributed by atoms with van der Waals surface area (Å²) >= 11 is 3.08. The molecule has 9 heteroatoms. The van der Waals surface area contributed by atoms with Gasteiger partial charge in [-0.15, -0.1) is 11.3 Å². The van der Waals surface area contributed by atoms with Crippen molar-refractivity contribution in [2.24, 2.45) is 0 Å². The smallest absolute Gasteiger partial charge is 0.338 e. The molecule has 162 valence electrons. The van der Waals surface area contributed by atoms with Crippen LogP contribution in [-0.4, -0.2) is 34.2 Å². The largest absolute Gasteiger partial charge is 0.462 e. The zero-order chi connectivity index (χ0) is 21.8. The number of nitrogens with one attached hydrogen (secondary N) is 2. The van der Waals surface area contributed by atoms with Gasteiger partial charge in [-0.25, -0.2) is 9.78 Å². The number of amides is 1. The highest BCUT2D eigenvalue weighted by Crippen LogP contribution is 2.35. The van der Waals surface area contributed by atoms with E-state index in [2.05, 4.69) is 15.3 Å². The molecule has 2 N–H and O–H groups in total. The number of hydrogen-bond donors (Lipinski definition) is 2. The number of aromatic nitrogens is 2. The van der Waals surface area contributed by atoms with Gasteiger partial charge in [0.1, 0.15) is 4.83 Å². The van der Waals surface area contributed by atoms with E-state index in [1.54, 1.807) is 42.5 Å². The molecule has 1 aliphatic carbocycles. The van der Waals surface area contributed by atoms with Gasteiger partial charge in [-0.05, 0) is 62.4 Å². The first kappa shape index (κ1) is 21.6. The molecule has 3 aromatic rings. The maximum Gasteiger partial charge on any atom is 0.338 e. The minimum Gasteiger partial charge on any atom is -0.462 e. The number of esters is 1. The molecule has 0 saturated heterocycles. The number of thioether (sulfide) groups is 1. The van der Waals surface area contributed by atoms with Crippen LogP contribution in [0.3, 0.4) is 0 Å². The van der Waals surface area contributed by atoms with Crippen molar-refractivity contribution in [3.63, 3.8) is 0 Å². The monoisotopic (exact) mass is 457 g/mol. The van der Waals surface area contributed by atoms with E-state index in [1.165, 1.54) is 22.2 Å². The Morgan fingerprint density at radius 1 is 1.26 bits per heavy atom. The van der Waals surface area contributed by atoms with Crippen LogP contribution in [0.4, 0.5) is 5.69 Å². The predicted octanol–water partition coefficient (Wildman–Crippen LogP) is 4.16. The van der Waals surface area contributed by atoms with Crippen LogP contribution in [0, 0.1) is 0 Å². The normalized spacial score (nSPS) is 12.7. The number of fused-ring (bicyclic) bond motifs is 3. The van der Waals surface area contributed by atoms with Crippen molar-refractivity contribution in [2.45, 2.75) is 44.2 Å². The molecule has 0 spiro atoms. The highest BCUT2D eigenvalue weighted by atomic mass is 32.2. The van der Waals surface area contributed by atoms with Crippen LogP contribution in [0.5, 0.6) is 0 Å². The van der Waals surface area contributed by atoms with Crippen molar-refractivity contribution < 1.29 is 14.3 Å². The van der Waals surface area contributed by atoms with E-state index in [0.717, 1.165) is 29.5 Å². The van der Waals surface area contributed by atoms with Gasteiger partial charge in [-0.3, -0.25) is 9.59 Å². The van der Waals surface area contributed by atoms with Crippen molar-refractivity contribution in [3.8, 4) is 0 Å². The number of carbonyl (C=O) groups excluding carboxylic acids is 2. The summed E-state index contributed by atoms with van der Waals surface area (Å²) < 4.78 is 4.94. The number of anilines is 1. The quantitative estimate of drug-likeness (QED) is 0.228. The number of nitrogens with zero attached hydrogens (tertiary/aromatic N) is 1. The molecule has 4 rings (SSSR count). The third kappa shape index (κ3) is 4.99. The van der Waals surface area contributed by atoms with E-state index >= 15 is 0 Å². The Labute approximate surface area is 187 Å². The fourth-order valence-electron chi connectivity index (χ4n) is 3.58. The molecule has 2 heterocycles. The molecule has 0 bridgehead atoms. The standard InChI is InChI=1S/C22H23N3O4S2/c1-2-29-21(28)13-8-10-14(11-9-13)23-17(26)7-4-12-30-22-24-19(27)18-15-5-3-6-16(15)31-20(18)25-22/h8-11H,2-7,12H2,1H3,(H,23,26)(H,24,25,27). The van der Waals surface area contributed by atoms with Crippen molar-refractivity contribution in [1.82, 2.24) is 9.97 Å². The number of ether oxygens (including phenoxy) is 1. The third-order valence-corrected chi connectivity index (χ3v) is 7.17. The zero-order valence-electron chi connectivity index (χ0n) is 17.2. The van der Waals surface area contributed by atoms with Crippen LogP contribution in [0.2, 0.25) is 0 Å². The summed E-state index contributed by atoms with van der Waals surface area (Å²) in [6, 6.07) is 6.62. The summed E-state index contributed by atoms with van der Waals surface area (Å²) in [5.41, 5.74) is 2.20. The Kier molecular flexibility index (Phi) is 6.72. The Bertz CT molecular complexity index is 1170. The predicted molar refractivity (Wildman–Crippen MR) is 123 cm³/mol. The molecule has 0 atom stereocenters. The number of aromatic amines is 1. The SMILES string of the molecule is CCOC(=O)c1ccc(NC(=O)CCCSc2nc3sc4c(c3c(=O)[nH]2)CCC4)cc1. The molecule has 7 nitrogen and oxygen atoms in total. The van der Waals surface area contributed by atoms with Crippen molar-refractivity contribution in [1.29, 1.82) is 0 Å². The van der Waals surface area contributed by atoms with Gasteiger partial charge in [-0.2, -0.15) is 0 Å². The number of aryl methyl sites for hydroxylation is 2. The lowest BCUT2D eigenvalue weighted by atomic mass is 10.2. The Morgan fingerprint density at radius 2 is 2.06 bits per heavy atom. The Hall–Kier alpha value is -2.65. The van der Waals surface area contributed by atoms with E-state index in [1.807, 2.05) is 0 Å². The van der Waals surface area contributed by atoms with E-state index in [4.69, 9.17) is 4.74 Å². The highest BCUT2D eigenvalue weighted by Gasteiger charge is 2.21. The number of hydrogen-bond acceptors (Lipinski definition) is 7. The summed E-state index contributed by atoms with van der Waals surface area (Å²) in [6.45, 7) is 2.08. The lowest BCUT2D eigenvalue weighted by Crippen LogP contribution is -2.12. The lowest BCUT2D eigenvalue weighted by molar-refractivity contribution is -0.116. The second-order valence-corrected chi connectivity index (χ2v) is 9.37. The number of benzene rings is 1. The maximum absolute atomic E-state index is 12.5. The molecule has 0 fully saturated rings. The van der Waals surface area contributed by atoms with Gasteiger partial charge in [0.2, 0.25) is 5.91 Å². The van der Waals surface area contributed by atoms with Crippen LogP contribution in [0.15, 0.2) is 34.2 Å². The van der Waals surface area contributed by atoms with E-state index < -0.39 is 0 Å². The number of carbonyl (C=O) groups is 2. The minimum atomic E-state index is -0.380. The molecule has 31 heavy (non-hydrogen) atoms. The second-order valence-electron chi connectivity index (χ2n) is 7.21. The fourth-order valence-corrected chi connectivity index (χ4v) is 5.70. The van der Waals surface area contributed by atoms with Crippen molar-refractivity contribution in [2.75, 3.05) is 17.7 Å². The summed E-state index contributed by atoms with van der Waals surface area (Å²) in [7, 11) is 0. The molecule has 0 aliphatic heterocycles. The first-order chi connectivity index (χ1) is 15.0. The van der Waals surface area contributed by atoms with Crippen molar-refractivity contribution >= 4 is 50.9 Å². The van der Waals surface area contributed by atoms with Gasteiger partial charge < -0.3 is 15.0 Å². The van der Waals surface area contributed by atoms with E-state index in [-0.39, 0.29) is 17.4 Å². The average molecular weight is 458 g/mol. The van der Waals surface area contributed by atoms with Crippen LogP contribution in [0.25, 0.3) is 10.2 Å². The molecule has 1 aliphatic rings. The molecule has 2 aromatic heterocycles. The lowest BCUT2D eigenvalue weighted by Gasteiger charge is -2.06. The van der Waals surface area contributed by atoms with Crippen LogP contribution < -0.4 is 10.9 Å². The number of thiophene rings is 1. The second kappa shape index (κ2) is 9.65. The number of rotatable bonds is 8. The molecule has 0 radical (unpaired) electrons. The van der Waals surface area contributed by atoms with Gasteiger partial charge in [0.25, 0.3) is 5.56 Å². The van der Waals surface area contributed by atoms with Gasteiger partial charge in [0.05, 0.1) is 17.6 Å².